The second kappa shape index (κ2) is 6.91. The third-order valence-electron chi connectivity index (χ3n) is 2.89. The maximum absolute atomic E-state index is 3.30. The van der Waals surface area contributed by atoms with Crippen LogP contribution in [-0.4, -0.2) is 18.8 Å². The molecule has 0 aliphatic heterocycles. The number of nitrogens with one attached hydrogen (secondary N) is 1. The van der Waals surface area contributed by atoms with Crippen LogP contribution in [0.3, 0.4) is 0 Å². The topological polar surface area (TPSA) is 12.0 Å². The van der Waals surface area contributed by atoms with Gasteiger partial charge in [-0.25, -0.2) is 0 Å². The summed E-state index contributed by atoms with van der Waals surface area (Å²) in [5.74, 6) is 1.95. The molecule has 0 saturated heterocycles. The number of hydrogen-bond donors (Lipinski definition) is 1. The van der Waals surface area contributed by atoms with Crippen LogP contribution in [0.5, 0.6) is 0 Å². The molecule has 0 saturated carbocycles. The summed E-state index contributed by atoms with van der Waals surface area (Å²) in [6, 6.07) is 11.2. The van der Waals surface area contributed by atoms with Gasteiger partial charge < -0.3 is 5.32 Å². The van der Waals surface area contributed by atoms with Crippen LogP contribution in [0.4, 0.5) is 0 Å². The van der Waals surface area contributed by atoms with Crippen molar-refractivity contribution < 1.29 is 0 Å². The van der Waals surface area contributed by atoms with Crippen LogP contribution in [0.1, 0.15) is 20.3 Å². The van der Waals surface area contributed by atoms with E-state index < -0.39 is 0 Å². The van der Waals surface area contributed by atoms with Crippen LogP contribution in [0, 0.1) is 5.92 Å². The molecule has 2 atom stereocenters. The zero-order valence-electron chi connectivity index (χ0n) is 9.86. The maximum atomic E-state index is 3.30. The second-order valence-electron chi connectivity index (χ2n) is 4.00. The third-order valence-corrected chi connectivity index (χ3v) is 3.94. The summed E-state index contributed by atoms with van der Waals surface area (Å²) in [5.41, 5.74) is 0. The fourth-order valence-corrected chi connectivity index (χ4v) is 2.49. The Morgan fingerprint density at radius 1 is 1.20 bits per heavy atom. The van der Waals surface area contributed by atoms with Crippen LogP contribution in [0.25, 0.3) is 0 Å². The van der Waals surface area contributed by atoms with E-state index in [1.165, 1.54) is 17.1 Å². The van der Waals surface area contributed by atoms with Crippen molar-refractivity contribution in [3.8, 4) is 0 Å². The number of rotatable bonds is 6. The molecule has 1 aromatic carbocycles. The van der Waals surface area contributed by atoms with Gasteiger partial charge >= 0.3 is 0 Å². The normalized spacial score (nSPS) is 14.9. The lowest BCUT2D eigenvalue weighted by Gasteiger charge is -2.18. The van der Waals surface area contributed by atoms with E-state index in [2.05, 4.69) is 49.5 Å². The highest BCUT2D eigenvalue weighted by Crippen LogP contribution is 2.20. The fraction of sp³-hybridized carbons (Fsp3) is 0.538. The molecule has 2 unspecified atom stereocenters. The van der Waals surface area contributed by atoms with Crippen LogP contribution in [0.15, 0.2) is 35.2 Å². The lowest BCUT2D eigenvalue weighted by molar-refractivity contribution is 0.417. The van der Waals surface area contributed by atoms with Gasteiger partial charge in [-0.2, -0.15) is 0 Å². The monoisotopic (exact) mass is 223 g/mol. The zero-order chi connectivity index (χ0) is 11.1. The van der Waals surface area contributed by atoms with E-state index in [4.69, 9.17) is 0 Å². The molecule has 0 aliphatic carbocycles. The summed E-state index contributed by atoms with van der Waals surface area (Å²) < 4.78 is 0. The average Bonchev–Trinajstić information content (AvgIpc) is 2.29. The predicted octanol–water partition coefficient (Wildman–Crippen LogP) is 3.41. The summed E-state index contributed by atoms with van der Waals surface area (Å²) in [6.07, 6.45) is 1.27. The molecular formula is C13H21NS. The van der Waals surface area contributed by atoms with E-state index in [1.54, 1.807) is 0 Å². The molecule has 0 aromatic heterocycles. The highest BCUT2D eigenvalue weighted by Gasteiger charge is 2.09. The van der Waals surface area contributed by atoms with Crippen molar-refractivity contribution in [2.45, 2.75) is 31.2 Å². The lowest BCUT2D eigenvalue weighted by atomic mass is 10.0. The minimum absolute atomic E-state index is 0.612. The summed E-state index contributed by atoms with van der Waals surface area (Å²) in [5, 5.41) is 3.30. The van der Waals surface area contributed by atoms with Crippen LogP contribution in [0.2, 0.25) is 0 Å². The molecule has 1 N–H and O–H groups in total. The van der Waals surface area contributed by atoms with E-state index in [1.807, 2.05) is 18.8 Å². The van der Waals surface area contributed by atoms with Gasteiger partial charge in [-0.15, -0.1) is 11.8 Å². The predicted molar refractivity (Wildman–Crippen MR) is 69.5 cm³/mol. The molecule has 0 radical (unpaired) electrons. The largest absolute Gasteiger partial charge is 0.317 e. The fourth-order valence-electron chi connectivity index (χ4n) is 1.41. The Morgan fingerprint density at radius 3 is 2.47 bits per heavy atom. The highest BCUT2D eigenvalue weighted by atomic mass is 32.2. The minimum atomic E-state index is 0.612. The summed E-state index contributed by atoms with van der Waals surface area (Å²) in [4.78, 5) is 1.38. The molecule has 0 spiro atoms. The number of hydrogen-bond acceptors (Lipinski definition) is 2. The van der Waals surface area contributed by atoms with Crippen molar-refractivity contribution in [2.24, 2.45) is 5.92 Å². The first-order chi connectivity index (χ1) is 7.24. The van der Waals surface area contributed by atoms with Crippen molar-refractivity contribution in [1.82, 2.24) is 5.32 Å². The van der Waals surface area contributed by atoms with Gasteiger partial charge in [0.05, 0.1) is 0 Å². The molecule has 0 aliphatic rings. The van der Waals surface area contributed by atoms with Crippen LogP contribution in [-0.2, 0) is 0 Å². The SMILES string of the molecule is CNC(C)C(C)CCSc1ccccc1. The highest BCUT2D eigenvalue weighted by molar-refractivity contribution is 7.99. The Hall–Kier alpha value is -0.470. The van der Waals surface area contributed by atoms with Gasteiger partial charge in [0.15, 0.2) is 0 Å². The van der Waals surface area contributed by atoms with E-state index >= 15 is 0 Å². The molecular weight excluding hydrogens is 202 g/mol. The lowest BCUT2D eigenvalue weighted by Crippen LogP contribution is -2.28. The average molecular weight is 223 g/mol. The van der Waals surface area contributed by atoms with E-state index in [0.717, 1.165) is 5.92 Å². The van der Waals surface area contributed by atoms with Crippen molar-refractivity contribution in [3.05, 3.63) is 30.3 Å². The van der Waals surface area contributed by atoms with Gasteiger partial charge in [0.25, 0.3) is 0 Å². The number of thioether (sulfide) groups is 1. The number of benzene rings is 1. The Morgan fingerprint density at radius 2 is 1.87 bits per heavy atom. The van der Waals surface area contributed by atoms with Crippen LogP contribution >= 0.6 is 11.8 Å². The van der Waals surface area contributed by atoms with Crippen molar-refractivity contribution in [1.29, 1.82) is 0 Å². The first-order valence-corrected chi connectivity index (χ1v) is 6.57. The third kappa shape index (κ3) is 4.72. The molecule has 1 nitrogen and oxygen atoms in total. The Labute approximate surface area is 97.7 Å². The van der Waals surface area contributed by atoms with Gasteiger partial charge in [-0.1, -0.05) is 25.1 Å². The first-order valence-electron chi connectivity index (χ1n) is 5.59. The van der Waals surface area contributed by atoms with Gasteiger partial charge in [0.1, 0.15) is 0 Å². The van der Waals surface area contributed by atoms with Gasteiger partial charge in [-0.3, -0.25) is 0 Å². The molecule has 1 rings (SSSR count). The molecule has 2 heteroatoms. The van der Waals surface area contributed by atoms with Crippen molar-refractivity contribution in [2.75, 3.05) is 12.8 Å². The Balaban J connectivity index is 2.22. The zero-order valence-corrected chi connectivity index (χ0v) is 10.7. The van der Waals surface area contributed by atoms with Crippen LogP contribution < -0.4 is 5.32 Å². The van der Waals surface area contributed by atoms with E-state index in [0.29, 0.717) is 6.04 Å². The second-order valence-corrected chi connectivity index (χ2v) is 5.17. The van der Waals surface area contributed by atoms with E-state index in [-0.39, 0.29) is 0 Å². The Kier molecular flexibility index (Phi) is 5.81. The molecule has 0 fully saturated rings. The molecule has 84 valence electrons. The van der Waals surface area contributed by atoms with Gasteiger partial charge in [-0.05, 0) is 44.2 Å². The van der Waals surface area contributed by atoms with Gasteiger partial charge in [0.2, 0.25) is 0 Å². The quantitative estimate of drug-likeness (QED) is 0.742. The summed E-state index contributed by atoms with van der Waals surface area (Å²) in [6.45, 7) is 4.56. The molecule has 0 amide bonds. The Bertz CT molecular complexity index is 260. The molecule has 0 heterocycles. The smallest absolute Gasteiger partial charge is 0.00719 e. The standard InChI is InChI=1S/C13H21NS/c1-11(12(2)14-3)9-10-15-13-7-5-4-6-8-13/h4-8,11-12,14H,9-10H2,1-3H3. The molecule has 15 heavy (non-hydrogen) atoms. The van der Waals surface area contributed by atoms with E-state index in [9.17, 15) is 0 Å². The maximum Gasteiger partial charge on any atom is 0.00719 e. The minimum Gasteiger partial charge on any atom is -0.317 e. The summed E-state index contributed by atoms with van der Waals surface area (Å²) in [7, 11) is 2.03. The molecule has 1 aromatic rings. The molecule has 0 bridgehead atoms. The van der Waals surface area contributed by atoms with Crippen molar-refractivity contribution >= 4 is 11.8 Å². The van der Waals surface area contributed by atoms with Crippen molar-refractivity contribution in [3.63, 3.8) is 0 Å². The summed E-state index contributed by atoms with van der Waals surface area (Å²) >= 11 is 1.95. The van der Waals surface area contributed by atoms with Gasteiger partial charge in [0, 0.05) is 10.9 Å². The first kappa shape index (κ1) is 12.6.